The second-order valence-corrected chi connectivity index (χ2v) is 7.74. The number of amides is 1. The highest BCUT2D eigenvalue weighted by Gasteiger charge is 2.50. The molecule has 31 heavy (non-hydrogen) atoms. The zero-order chi connectivity index (χ0) is 21.7. The van der Waals surface area contributed by atoms with Crippen LogP contribution >= 0.6 is 12.4 Å². The first-order valence-electron chi connectivity index (χ1n) is 9.51. The van der Waals surface area contributed by atoms with Crippen molar-refractivity contribution in [3.05, 3.63) is 41.6 Å². The van der Waals surface area contributed by atoms with Gasteiger partial charge in [0.2, 0.25) is 5.91 Å². The highest BCUT2D eigenvalue weighted by atomic mass is 35.5. The standard InChI is InChI=1S/C20H20F4N4O2.ClH/c1-11-9-16(13-10-12(3-4-14(13)21)30-20(22,23)24)26-17(25-11)15-5-6-19(27-15)7-8-28(2)18(19)29;/h3-4,9-10,15,27H,5-8H2,1-2H3;1H/t15-,19-;/m1./s1. The molecule has 4 rings (SSSR count). The van der Waals surface area contributed by atoms with E-state index in [1.54, 1.807) is 18.9 Å². The van der Waals surface area contributed by atoms with Crippen molar-refractivity contribution >= 4 is 18.3 Å². The number of ether oxygens (including phenoxy) is 1. The number of rotatable bonds is 3. The number of halogens is 5. The van der Waals surface area contributed by atoms with E-state index in [1.807, 2.05) is 0 Å². The lowest BCUT2D eigenvalue weighted by Gasteiger charge is -2.23. The van der Waals surface area contributed by atoms with Crippen LogP contribution in [-0.2, 0) is 4.79 Å². The first-order valence-corrected chi connectivity index (χ1v) is 9.51. The molecule has 0 saturated carbocycles. The summed E-state index contributed by atoms with van der Waals surface area (Å²) in [4.78, 5) is 23.0. The van der Waals surface area contributed by atoms with E-state index in [0.717, 1.165) is 18.2 Å². The maximum atomic E-state index is 14.4. The molecular weight excluding hydrogens is 440 g/mol. The molecule has 2 atom stereocenters. The van der Waals surface area contributed by atoms with Crippen LogP contribution in [0.5, 0.6) is 5.75 Å². The fraction of sp³-hybridized carbons (Fsp3) is 0.450. The molecule has 168 valence electrons. The molecular formula is C20H21ClF4N4O2. The van der Waals surface area contributed by atoms with Gasteiger partial charge in [-0.25, -0.2) is 14.4 Å². The maximum Gasteiger partial charge on any atom is 0.573 e. The predicted octanol–water partition coefficient (Wildman–Crippen LogP) is 3.94. The third-order valence-electron chi connectivity index (χ3n) is 5.57. The van der Waals surface area contributed by atoms with E-state index in [2.05, 4.69) is 20.0 Å². The predicted molar refractivity (Wildman–Crippen MR) is 106 cm³/mol. The topological polar surface area (TPSA) is 67.3 Å². The van der Waals surface area contributed by atoms with Gasteiger partial charge in [0.15, 0.2) is 0 Å². The van der Waals surface area contributed by atoms with Crippen molar-refractivity contribution in [3.8, 4) is 17.0 Å². The summed E-state index contributed by atoms with van der Waals surface area (Å²) in [6.45, 7) is 2.36. The molecule has 11 heteroatoms. The Kier molecular flexibility index (Phi) is 6.16. The zero-order valence-corrected chi connectivity index (χ0v) is 17.6. The molecule has 2 fully saturated rings. The van der Waals surface area contributed by atoms with Gasteiger partial charge in [-0.3, -0.25) is 10.1 Å². The molecule has 3 heterocycles. The van der Waals surface area contributed by atoms with E-state index in [0.29, 0.717) is 37.3 Å². The van der Waals surface area contributed by atoms with Crippen molar-refractivity contribution in [2.75, 3.05) is 13.6 Å². The van der Waals surface area contributed by atoms with Gasteiger partial charge in [-0.05, 0) is 50.5 Å². The molecule has 1 amide bonds. The summed E-state index contributed by atoms with van der Waals surface area (Å²) in [5.74, 6) is -0.849. The van der Waals surface area contributed by atoms with E-state index in [4.69, 9.17) is 0 Å². The second-order valence-electron chi connectivity index (χ2n) is 7.74. The molecule has 1 aromatic heterocycles. The number of hydrogen-bond donors (Lipinski definition) is 1. The average molecular weight is 461 g/mol. The lowest BCUT2D eigenvalue weighted by molar-refractivity contribution is -0.274. The first-order chi connectivity index (χ1) is 14.1. The van der Waals surface area contributed by atoms with E-state index in [1.165, 1.54) is 6.07 Å². The molecule has 2 aliphatic rings. The van der Waals surface area contributed by atoms with E-state index in [9.17, 15) is 22.4 Å². The molecule has 1 N–H and O–H groups in total. The van der Waals surface area contributed by atoms with Crippen LogP contribution in [0.4, 0.5) is 17.6 Å². The van der Waals surface area contributed by atoms with Crippen LogP contribution < -0.4 is 10.1 Å². The Hall–Kier alpha value is -2.46. The Labute approximate surface area is 182 Å². The van der Waals surface area contributed by atoms with Crippen LogP contribution in [0, 0.1) is 12.7 Å². The quantitative estimate of drug-likeness (QED) is 0.703. The molecule has 1 spiro atoms. The number of likely N-dealkylation sites (N-methyl/N-ethyl adjacent to an activating group) is 1. The number of alkyl halides is 3. The first kappa shape index (κ1) is 23.2. The van der Waals surface area contributed by atoms with Crippen molar-refractivity contribution in [1.29, 1.82) is 0 Å². The molecule has 2 aliphatic heterocycles. The number of aromatic nitrogens is 2. The largest absolute Gasteiger partial charge is 0.573 e. The van der Waals surface area contributed by atoms with Gasteiger partial charge >= 0.3 is 6.36 Å². The van der Waals surface area contributed by atoms with Crippen LogP contribution in [0.3, 0.4) is 0 Å². The average Bonchev–Trinajstić information content (AvgIpc) is 3.22. The fourth-order valence-corrected chi connectivity index (χ4v) is 4.14. The van der Waals surface area contributed by atoms with Gasteiger partial charge in [0.1, 0.15) is 22.9 Å². The summed E-state index contributed by atoms with van der Waals surface area (Å²) >= 11 is 0. The summed E-state index contributed by atoms with van der Waals surface area (Å²) in [7, 11) is 1.76. The van der Waals surface area contributed by atoms with Gasteiger partial charge in [0.25, 0.3) is 0 Å². The van der Waals surface area contributed by atoms with Crippen LogP contribution in [0.1, 0.15) is 36.8 Å². The number of nitrogens with one attached hydrogen (secondary N) is 1. The zero-order valence-electron chi connectivity index (χ0n) is 16.8. The minimum Gasteiger partial charge on any atom is -0.406 e. The lowest BCUT2D eigenvalue weighted by atomic mass is 9.96. The molecule has 0 unspecified atom stereocenters. The van der Waals surface area contributed by atoms with Crippen molar-refractivity contribution in [3.63, 3.8) is 0 Å². The Balaban J connectivity index is 0.00000272. The van der Waals surface area contributed by atoms with Crippen molar-refractivity contribution < 1.29 is 27.1 Å². The summed E-state index contributed by atoms with van der Waals surface area (Å²) in [6, 6.07) is 3.97. The van der Waals surface area contributed by atoms with Gasteiger partial charge in [0, 0.05) is 24.8 Å². The van der Waals surface area contributed by atoms with Gasteiger partial charge < -0.3 is 9.64 Å². The second kappa shape index (κ2) is 8.23. The van der Waals surface area contributed by atoms with E-state index >= 15 is 0 Å². The van der Waals surface area contributed by atoms with Crippen LogP contribution in [0.25, 0.3) is 11.3 Å². The Bertz CT molecular complexity index is 1000. The SMILES string of the molecule is Cc1cc(-c2cc(OC(F)(F)F)ccc2F)nc([C@H]2CC[C@]3(CCN(C)C3=O)N2)n1.Cl. The molecule has 0 bridgehead atoms. The van der Waals surface area contributed by atoms with Crippen molar-refractivity contribution in [2.24, 2.45) is 0 Å². The van der Waals surface area contributed by atoms with Gasteiger partial charge in [-0.2, -0.15) is 0 Å². The highest BCUT2D eigenvalue weighted by molar-refractivity contribution is 5.88. The Morgan fingerprint density at radius 3 is 2.61 bits per heavy atom. The molecule has 2 aromatic rings. The maximum absolute atomic E-state index is 14.4. The smallest absolute Gasteiger partial charge is 0.406 e. The summed E-state index contributed by atoms with van der Waals surface area (Å²) in [6.07, 6.45) is -2.94. The summed E-state index contributed by atoms with van der Waals surface area (Å²) in [5.41, 5.74) is -0.0689. The molecule has 0 aliphatic carbocycles. The lowest BCUT2D eigenvalue weighted by Crippen LogP contribution is -2.47. The minimum absolute atomic E-state index is 0. The normalized spacial score (nSPS) is 23.4. The number of hydrogen-bond acceptors (Lipinski definition) is 5. The summed E-state index contributed by atoms with van der Waals surface area (Å²) in [5, 5.41) is 3.34. The van der Waals surface area contributed by atoms with Crippen molar-refractivity contribution in [2.45, 2.75) is 44.1 Å². The van der Waals surface area contributed by atoms with E-state index in [-0.39, 0.29) is 35.6 Å². The fourth-order valence-electron chi connectivity index (χ4n) is 4.14. The number of aryl methyl sites for hydroxylation is 1. The number of nitrogens with zero attached hydrogens (tertiary/aromatic N) is 3. The Morgan fingerprint density at radius 2 is 1.97 bits per heavy atom. The number of likely N-dealkylation sites (tertiary alicyclic amines) is 1. The van der Waals surface area contributed by atoms with Crippen molar-refractivity contribution in [1.82, 2.24) is 20.2 Å². The monoisotopic (exact) mass is 460 g/mol. The van der Waals surface area contributed by atoms with Gasteiger partial charge in [0.05, 0.1) is 11.7 Å². The van der Waals surface area contributed by atoms with Crippen LogP contribution in [-0.4, -0.2) is 46.3 Å². The van der Waals surface area contributed by atoms with Gasteiger partial charge in [-0.15, -0.1) is 25.6 Å². The molecule has 0 radical (unpaired) electrons. The molecule has 1 aromatic carbocycles. The molecule has 6 nitrogen and oxygen atoms in total. The van der Waals surface area contributed by atoms with Crippen LogP contribution in [0.15, 0.2) is 24.3 Å². The number of carbonyl (C=O) groups is 1. The van der Waals surface area contributed by atoms with Gasteiger partial charge in [-0.1, -0.05) is 0 Å². The summed E-state index contributed by atoms with van der Waals surface area (Å²) < 4.78 is 55.9. The Morgan fingerprint density at radius 1 is 1.23 bits per heavy atom. The third-order valence-corrected chi connectivity index (χ3v) is 5.57. The third kappa shape index (κ3) is 4.59. The highest BCUT2D eigenvalue weighted by Crippen LogP contribution is 2.39. The minimum atomic E-state index is -4.88. The molecule has 2 saturated heterocycles. The van der Waals surface area contributed by atoms with Crippen LogP contribution in [0.2, 0.25) is 0 Å². The number of carbonyl (C=O) groups excluding carboxylic acids is 1. The number of benzene rings is 1. The van der Waals surface area contributed by atoms with E-state index < -0.39 is 23.5 Å².